The lowest BCUT2D eigenvalue weighted by atomic mass is 9.47. The Kier molecular flexibility index (Phi) is 4.36. The van der Waals surface area contributed by atoms with Crippen LogP contribution in [0.2, 0.25) is 0 Å². The summed E-state index contributed by atoms with van der Waals surface area (Å²) in [5, 5.41) is 0. The Bertz CT molecular complexity index is 650. The Morgan fingerprint density at radius 2 is 1.81 bits per heavy atom. The number of carbonyl (C=O) groups excluding carboxylic acids is 2. The molecule has 0 amide bonds. The van der Waals surface area contributed by atoms with Crippen LogP contribution in [0.4, 0.5) is 0 Å². The Balaban J connectivity index is 1.59. The van der Waals surface area contributed by atoms with Crippen LogP contribution in [-0.2, 0) is 14.3 Å². The predicted octanol–water partition coefficient (Wildman–Crippen LogP) is 5.09. The molecule has 7 atom stereocenters. The SMILES string of the molecule is CC(=O)O[C@@H]1CC[C@]2(C)C(=CC[C@@H]3[C@H]4CC[C@@H](C(C)=O)[C@]4(C)CC[C@H]32)C1. The van der Waals surface area contributed by atoms with E-state index in [1.165, 1.54) is 26.2 Å². The minimum absolute atomic E-state index is 0.0748. The van der Waals surface area contributed by atoms with Gasteiger partial charge in [0.05, 0.1) is 0 Å². The number of hydrogen-bond acceptors (Lipinski definition) is 3. The number of carbonyl (C=O) groups is 2. The monoisotopic (exact) mass is 358 g/mol. The van der Waals surface area contributed by atoms with Gasteiger partial charge in [0.25, 0.3) is 0 Å². The van der Waals surface area contributed by atoms with Crippen LogP contribution in [0.15, 0.2) is 11.6 Å². The van der Waals surface area contributed by atoms with E-state index in [9.17, 15) is 9.59 Å². The van der Waals surface area contributed by atoms with Crippen LogP contribution in [-0.4, -0.2) is 17.9 Å². The second-order valence-electron chi connectivity index (χ2n) is 10.0. The van der Waals surface area contributed by atoms with Crippen LogP contribution < -0.4 is 0 Å². The number of esters is 1. The van der Waals surface area contributed by atoms with Crippen LogP contribution in [0.1, 0.15) is 79.1 Å². The summed E-state index contributed by atoms with van der Waals surface area (Å²) in [6.45, 7) is 8.21. The predicted molar refractivity (Wildman–Crippen MR) is 101 cm³/mol. The molecule has 0 spiro atoms. The Labute approximate surface area is 157 Å². The van der Waals surface area contributed by atoms with Crippen molar-refractivity contribution in [3.63, 3.8) is 0 Å². The third-order valence-electron chi connectivity index (χ3n) is 8.88. The van der Waals surface area contributed by atoms with Crippen LogP contribution >= 0.6 is 0 Å². The van der Waals surface area contributed by atoms with Gasteiger partial charge in [-0.3, -0.25) is 9.59 Å². The van der Waals surface area contributed by atoms with Crippen molar-refractivity contribution in [3.05, 3.63) is 11.6 Å². The van der Waals surface area contributed by atoms with Gasteiger partial charge in [0.15, 0.2) is 0 Å². The zero-order valence-corrected chi connectivity index (χ0v) is 16.8. The van der Waals surface area contributed by atoms with Crippen LogP contribution in [0.25, 0.3) is 0 Å². The van der Waals surface area contributed by atoms with Gasteiger partial charge >= 0.3 is 5.97 Å². The molecule has 4 aliphatic carbocycles. The van der Waals surface area contributed by atoms with Gasteiger partial charge in [-0.25, -0.2) is 0 Å². The van der Waals surface area contributed by atoms with Crippen molar-refractivity contribution in [2.24, 2.45) is 34.5 Å². The summed E-state index contributed by atoms with van der Waals surface area (Å²) in [5.41, 5.74) is 2.04. The first-order valence-corrected chi connectivity index (χ1v) is 10.6. The summed E-state index contributed by atoms with van der Waals surface area (Å²) in [4.78, 5) is 23.6. The van der Waals surface area contributed by atoms with Gasteiger partial charge in [0.2, 0.25) is 0 Å². The average Bonchev–Trinajstić information content (AvgIpc) is 2.92. The van der Waals surface area contributed by atoms with E-state index in [4.69, 9.17) is 4.74 Å². The molecule has 0 aromatic rings. The molecule has 3 heteroatoms. The molecular formula is C23H34O3. The van der Waals surface area contributed by atoms with Gasteiger partial charge in [-0.05, 0) is 80.5 Å². The lowest BCUT2D eigenvalue weighted by molar-refractivity contribution is -0.149. The molecular weight excluding hydrogens is 324 g/mol. The molecule has 0 aromatic carbocycles. The van der Waals surface area contributed by atoms with E-state index in [1.807, 2.05) is 0 Å². The minimum Gasteiger partial charge on any atom is -0.462 e. The molecule has 3 saturated carbocycles. The Morgan fingerprint density at radius 3 is 2.50 bits per heavy atom. The van der Waals surface area contributed by atoms with Crippen LogP contribution in [0.5, 0.6) is 0 Å². The van der Waals surface area contributed by atoms with E-state index < -0.39 is 0 Å². The summed E-state index contributed by atoms with van der Waals surface area (Å²) in [7, 11) is 0. The molecule has 26 heavy (non-hydrogen) atoms. The van der Waals surface area contributed by atoms with Crippen molar-refractivity contribution < 1.29 is 14.3 Å². The number of ketones is 1. The van der Waals surface area contributed by atoms with Gasteiger partial charge < -0.3 is 4.74 Å². The van der Waals surface area contributed by atoms with Gasteiger partial charge in [0, 0.05) is 19.3 Å². The zero-order valence-electron chi connectivity index (χ0n) is 16.8. The molecule has 0 unspecified atom stereocenters. The van der Waals surface area contributed by atoms with Crippen molar-refractivity contribution in [1.29, 1.82) is 0 Å². The highest BCUT2D eigenvalue weighted by Crippen LogP contribution is 2.66. The quantitative estimate of drug-likeness (QED) is 0.510. The molecule has 0 N–H and O–H groups in total. The van der Waals surface area contributed by atoms with Crippen molar-refractivity contribution in [2.45, 2.75) is 85.2 Å². The van der Waals surface area contributed by atoms with E-state index in [0.29, 0.717) is 11.7 Å². The van der Waals surface area contributed by atoms with Gasteiger partial charge in [-0.15, -0.1) is 0 Å². The first-order chi connectivity index (χ1) is 12.3. The molecule has 0 saturated heterocycles. The highest BCUT2D eigenvalue weighted by atomic mass is 16.5. The van der Waals surface area contributed by atoms with E-state index in [2.05, 4.69) is 19.9 Å². The summed E-state index contributed by atoms with van der Waals surface area (Å²) >= 11 is 0. The van der Waals surface area contributed by atoms with Crippen LogP contribution in [0, 0.1) is 34.5 Å². The highest BCUT2D eigenvalue weighted by Gasteiger charge is 2.59. The number of ether oxygens (including phenoxy) is 1. The average molecular weight is 359 g/mol. The fourth-order valence-electron chi connectivity index (χ4n) is 7.63. The van der Waals surface area contributed by atoms with Crippen LogP contribution in [0.3, 0.4) is 0 Å². The third kappa shape index (κ3) is 2.60. The molecule has 4 aliphatic rings. The molecule has 0 bridgehead atoms. The van der Waals surface area contributed by atoms with Gasteiger partial charge in [0.1, 0.15) is 11.9 Å². The molecule has 144 valence electrons. The minimum atomic E-state index is -0.150. The second-order valence-corrected chi connectivity index (χ2v) is 10.0. The Morgan fingerprint density at radius 1 is 1.04 bits per heavy atom. The lowest BCUT2D eigenvalue weighted by Crippen LogP contribution is -2.51. The van der Waals surface area contributed by atoms with E-state index >= 15 is 0 Å². The highest BCUT2D eigenvalue weighted by molar-refractivity contribution is 5.79. The van der Waals surface area contributed by atoms with Crippen molar-refractivity contribution in [1.82, 2.24) is 0 Å². The maximum atomic E-state index is 12.2. The number of fused-ring (bicyclic) bond motifs is 5. The van der Waals surface area contributed by atoms with Crippen molar-refractivity contribution in [3.8, 4) is 0 Å². The molecule has 3 nitrogen and oxygen atoms in total. The summed E-state index contributed by atoms with van der Waals surface area (Å²) < 4.78 is 5.53. The third-order valence-corrected chi connectivity index (χ3v) is 8.88. The van der Waals surface area contributed by atoms with E-state index in [1.54, 1.807) is 12.5 Å². The first-order valence-electron chi connectivity index (χ1n) is 10.6. The number of allylic oxidation sites excluding steroid dienone is 1. The summed E-state index contributed by atoms with van der Waals surface area (Å²) in [5.74, 6) is 2.72. The first kappa shape index (κ1) is 18.3. The Hall–Kier alpha value is -1.12. The topological polar surface area (TPSA) is 43.4 Å². The number of rotatable bonds is 2. The molecule has 0 aliphatic heterocycles. The fourth-order valence-corrected chi connectivity index (χ4v) is 7.63. The van der Waals surface area contributed by atoms with E-state index in [-0.39, 0.29) is 28.8 Å². The molecule has 4 rings (SSSR count). The maximum Gasteiger partial charge on any atom is 0.302 e. The van der Waals surface area contributed by atoms with Gasteiger partial charge in [-0.1, -0.05) is 25.5 Å². The van der Waals surface area contributed by atoms with E-state index in [0.717, 1.165) is 43.9 Å². The standard InChI is InChI=1S/C23H34O3/c1-14(24)19-7-8-20-18-6-5-16-13-17(26-15(2)25)9-11-22(16,3)21(18)10-12-23(19,20)4/h5,17-21H,6-13H2,1-4H3/t17-,18-,19+,20-,21-,22-,23+/m1/s1. The fraction of sp³-hybridized carbons (Fsp3) is 0.826. The molecule has 0 aromatic heterocycles. The normalized spacial score (nSPS) is 47.2. The van der Waals surface area contributed by atoms with Crippen molar-refractivity contribution in [2.75, 3.05) is 0 Å². The zero-order chi connectivity index (χ0) is 18.7. The molecule has 3 fully saturated rings. The molecule has 0 radical (unpaired) electrons. The smallest absolute Gasteiger partial charge is 0.302 e. The van der Waals surface area contributed by atoms with Gasteiger partial charge in [-0.2, -0.15) is 0 Å². The number of hydrogen-bond donors (Lipinski definition) is 0. The largest absolute Gasteiger partial charge is 0.462 e. The summed E-state index contributed by atoms with van der Waals surface area (Å²) in [6.07, 6.45) is 11.6. The second kappa shape index (κ2) is 6.21. The summed E-state index contributed by atoms with van der Waals surface area (Å²) in [6, 6.07) is 0. The maximum absolute atomic E-state index is 12.2. The molecule has 0 heterocycles. The lowest BCUT2D eigenvalue weighted by Gasteiger charge is -2.58. The number of Topliss-reactive ketones (excluding diaryl/α,β-unsaturated/α-hetero) is 1. The van der Waals surface area contributed by atoms with Crippen molar-refractivity contribution >= 4 is 11.8 Å².